The number of allylic oxidation sites excluding steroid dienone is 9. The Morgan fingerprint density at radius 3 is 1.60 bits per heavy atom. The molecule has 0 aliphatic carbocycles. The van der Waals surface area contributed by atoms with Crippen LogP contribution in [-0.2, 0) is 4.74 Å². The molecule has 0 saturated carbocycles. The summed E-state index contributed by atoms with van der Waals surface area (Å²) >= 11 is 1.94. The van der Waals surface area contributed by atoms with Gasteiger partial charge in [-0.25, -0.2) is 0 Å². The van der Waals surface area contributed by atoms with Gasteiger partial charge in [0.05, 0.1) is 18.6 Å². The summed E-state index contributed by atoms with van der Waals surface area (Å²) in [6.07, 6.45) is 21.9. The quantitative estimate of drug-likeness (QED) is 0.0997. The van der Waals surface area contributed by atoms with Crippen molar-refractivity contribution in [3.8, 4) is 0 Å². The summed E-state index contributed by atoms with van der Waals surface area (Å²) < 4.78 is 5.43. The predicted molar refractivity (Wildman–Crippen MR) is 191 cm³/mol. The Labute approximate surface area is 257 Å². The van der Waals surface area contributed by atoms with E-state index in [0.29, 0.717) is 0 Å². The summed E-state index contributed by atoms with van der Waals surface area (Å²) in [5.41, 5.74) is 8.06. The second-order valence-corrected chi connectivity index (χ2v) is 10.6. The van der Waals surface area contributed by atoms with E-state index in [9.17, 15) is 0 Å². The van der Waals surface area contributed by atoms with Gasteiger partial charge in [-0.3, -0.25) is 0 Å². The van der Waals surface area contributed by atoms with Crippen molar-refractivity contribution in [3.63, 3.8) is 0 Å². The van der Waals surface area contributed by atoms with E-state index in [1.807, 2.05) is 79.5 Å². The van der Waals surface area contributed by atoms with Crippen LogP contribution in [0.5, 0.6) is 0 Å². The van der Waals surface area contributed by atoms with E-state index in [0.717, 1.165) is 42.9 Å². The third-order valence-corrected chi connectivity index (χ3v) is 6.40. The van der Waals surface area contributed by atoms with Gasteiger partial charge in [0.2, 0.25) is 0 Å². The van der Waals surface area contributed by atoms with Gasteiger partial charge in [-0.1, -0.05) is 101 Å². The second-order valence-electron chi connectivity index (χ2n) is 9.53. The fourth-order valence-corrected chi connectivity index (χ4v) is 4.39. The van der Waals surface area contributed by atoms with E-state index in [1.54, 1.807) is 6.26 Å². The minimum atomic E-state index is 0.233. The second kappa shape index (κ2) is 35.2. The molecule has 0 amide bonds. The van der Waals surface area contributed by atoms with E-state index in [2.05, 4.69) is 77.7 Å². The minimum absolute atomic E-state index is 0.233. The molecular formula is C37H69NOS. The van der Waals surface area contributed by atoms with Crippen LogP contribution in [0.15, 0.2) is 83.0 Å². The third-order valence-electron chi connectivity index (χ3n) is 5.43. The first kappa shape index (κ1) is 45.1. The number of hydrogen-bond donors (Lipinski definition) is 1. The molecule has 0 bridgehead atoms. The Kier molecular flexibility index (Phi) is 39.7. The van der Waals surface area contributed by atoms with Gasteiger partial charge in [0.25, 0.3) is 0 Å². The van der Waals surface area contributed by atoms with Crippen molar-refractivity contribution in [2.75, 3.05) is 11.5 Å². The van der Waals surface area contributed by atoms with Crippen LogP contribution in [0, 0.1) is 0 Å². The first-order valence-corrected chi connectivity index (χ1v) is 16.8. The first-order chi connectivity index (χ1) is 19.1. The fourth-order valence-electron chi connectivity index (χ4n) is 3.27. The van der Waals surface area contributed by atoms with Gasteiger partial charge < -0.3 is 10.1 Å². The maximum Gasteiger partial charge on any atom is 0.0911 e. The topological polar surface area (TPSA) is 21.3 Å². The minimum Gasteiger partial charge on any atom is -0.473 e. The molecular weight excluding hydrogens is 506 g/mol. The lowest BCUT2D eigenvalue weighted by Crippen LogP contribution is -2.31. The number of hydrogen-bond acceptors (Lipinski definition) is 3. The summed E-state index contributed by atoms with van der Waals surface area (Å²) in [6.45, 7) is 33.2. The van der Waals surface area contributed by atoms with E-state index in [-0.39, 0.29) is 6.04 Å². The molecule has 0 heterocycles. The molecule has 0 aliphatic heterocycles. The van der Waals surface area contributed by atoms with Crippen molar-refractivity contribution in [1.82, 2.24) is 5.32 Å². The fraction of sp³-hybridized carbons (Fsp3) is 0.622. The van der Waals surface area contributed by atoms with Crippen LogP contribution in [0.4, 0.5) is 0 Å². The molecule has 0 rings (SSSR count). The summed E-state index contributed by atoms with van der Waals surface area (Å²) in [4.78, 5) is 0. The van der Waals surface area contributed by atoms with Crippen LogP contribution >= 0.6 is 11.8 Å². The molecule has 1 unspecified atom stereocenters. The summed E-state index contributed by atoms with van der Waals surface area (Å²) in [5, 5.41) is 3.46. The molecule has 1 atom stereocenters. The zero-order chi connectivity index (χ0) is 31.8. The van der Waals surface area contributed by atoms with Crippen molar-refractivity contribution >= 4 is 11.8 Å². The van der Waals surface area contributed by atoms with E-state index >= 15 is 0 Å². The number of nitrogens with one attached hydrogen (secondary N) is 1. The molecule has 0 aromatic heterocycles. The molecule has 0 aromatic rings. The zero-order valence-electron chi connectivity index (χ0n) is 29.3. The zero-order valence-corrected chi connectivity index (χ0v) is 30.1. The molecule has 0 saturated heterocycles. The average molecular weight is 576 g/mol. The number of ether oxygens (including phenoxy) is 1. The monoisotopic (exact) mass is 576 g/mol. The van der Waals surface area contributed by atoms with E-state index in [4.69, 9.17) is 4.74 Å². The Bertz CT molecular complexity index is 761. The van der Waals surface area contributed by atoms with Gasteiger partial charge in [0.1, 0.15) is 0 Å². The molecule has 0 aliphatic rings. The molecule has 234 valence electrons. The van der Waals surface area contributed by atoms with Crippen molar-refractivity contribution in [2.24, 2.45) is 0 Å². The smallest absolute Gasteiger partial charge is 0.0911 e. The Hall–Kier alpha value is -1.87. The van der Waals surface area contributed by atoms with Crippen molar-refractivity contribution < 1.29 is 4.74 Å². The maximum absolute atomic E-state index is 5.43. The Balaban J connectivity index is -0.00000100. The maximum atomic E-state index is 5.43. The van der Waals surface area contributed by atoms with Crippen LogP contribution in [0.2, 0.25) is 0 Å². The van der Waals surface area contributed by atoms with Gasteiger partial charge in [-0.2, -0.15) is 11.8 Å². The Morgan fingerprint density at radius 1 is 0.725 bits per heavy atom. The molecule has 0 radical (unpaired) electrons. The lowest BCUT2D eigenvalue weighted by Gasteiger charge is -2.20. The SMILES string of the molecule is C=C(C)NC(CSC/C=C(\C)CC/C=C(\C)CC/C=C(\C)CCC=C(C)C)/C(C)=C/O/C=C\C.CC.CC.CC. The van der Waals surface area contributed by atoms with Gasteiger partial charge >= 0.3 is 0 Å². The van der Waals surface area contributed by atoms with Crippen LogP contribution in [0.25, 0.3) is 0 Å². The summed E-state index contributed by atoms with van der Waals surface area (Å²) in [6, 6.07) is 0.233. The predicted octanol–water partition coefficient (Wildman–Crippen LogP) is 12.9. The first-order valence-electron chi connectivity index (χ1n) is 15.7. The molecule has 0 fully saturated rings. The van der Waals surface area contributed by atoms with Crippen LogP contribution < -0.4 is 5.32 Å². The normalized spacial score (nSPS) is 12.7. The largest absolute Gasteiger partial charge is 0.473 e. The van der Waals surface area contributed by atoms with Crippen molar-refractivity contribution in [3.05, 3.63) is 83.0 Å². The standard InChI is InChI=1S/C31H51NOS.3C2H6/c1-10-21-33-23-30(9)31(32-26(4)5)24-34-22-20-29(8)19-13-18-28(7)17-12-16-27(6)15-11-14-25(2)3;3*1-2/h10,14,16,18,20-21,23,31-32H,4,11-13,15,17,19,22,24H2,1-3,5-9H3;3*1-2H3/b21-10-,27-16+,28-18+,29-20+,30-23+;;;. The molecule has 0 aromatic carbocycles. The molecule has 3 heteroatoms. The van der Waals surface area contributed by atoms with Gasteiger partial charge in [-0.15, -0.1) is 0 Å². The van der Waals surface area contributed by atoms with Crippen molar-refractivity contribution in [2.45, 2.75) is 141 Å². The van der Waals surface area contributed by atoms with Gasteiger partial charge in [0, 0.05) is 17.2 Å². The van der Waals surface area contributed by atoms with Crippen LogP contribution in [-0.4, -0.2) is 17.5 Å². The van der Waals surface area contributed by atoms with Gasteiger partial charge in [-0.05, 0) is 99.5 Å². The molecule has 0 spiro atoms. The number of thioether (sulfide) groups is 1. The highest BCUT2D eigenvalue weighted by Crippen LogP contribution is 2.16. The molecule has 2 nitrogen and oxygen atoms in total. The molecule has 40 heavy (non-hydrogen) atoms. The lowest BCUT2D eigenvalue weighted by atomic mass is 10.0. The van der Waals surface area contributed by atoms with Crippen molar-refractivity contribution in [1.29, 1.82) is 0 Å². The lowest BCUT2D eigenvalue weighted by molar-refractivity contribution is 0.392. The highest BCUT2D eigenvalue weighted by molar-refractivity contribution is 7.99. The van der Waals surface area contributed by atoms with Crippen LogP contribution in [0.3, 0.4) is 0 Å². The van der Waals surface area contributed by atoms with E-state index < -0.39 is 0 Å². The molecule has 1 N–H and O–H groups in total. The van der Waals surface area contributed by atoms with E-state index in [1.165, 1.54) is 40.7 Å². The summed E-state index contributed by atoms with van der Waals surface area (Å²) in [7, 11) is 0. The Morgan fingerprint density at radius 2 is 1.18 bits per heavy atom. The highest BCUT2D eigenvalue weighted by atomic mass is 32.2. The van der Waals surface area contributed by atoms with Crippen LogP contribution in [0.1, 0.15) is 135 Å². The van der Waals surface area contributed by atoms with Gasteiger partial charge in [0.15, 0.2) is 0 Å². The average Bonchev–Trinajstić information content (AvgIpc) is 2.93. The number of rotatable bonds is 18. The summed E-state index contributed by atoms with van der Waals surface area (Å²) in [5.74, 6) is 2.02. The third kappa shape index (κ3) is 34.2. The highest BCUT2D eigenvalue weighted by Gasteiger charge is 2.10.